The summed E-state index contributed by atoms with van der Waals surface area (Å²) in [7, 11) is 0. The van der Waals surface area contributed by atoms with Crippen molar-refractivity contribution in [2.24, 2.45) is 4.99 Å². The summed E-state index contributed by atoms with van der Waals surface area (Å²) in [4.78, 5) is 16.6. The summed E-state index contributed by atoms with van der Waals surface area (Å²) in [6.45, 7) is 2.18. The average molecular weight is 230 g/mol. The van der Waals surface area contributed by atoms with Crippen LogP contribution >= 0.6 is 12.4 Å². The van der Waals surface area contributed by atoms with Crippen LogP contribution in [-0.2, 0) is 4.79 Å². The molecule has 0 unspecified atom stereocenters. The van der Waals surface area contributed by atoms with Gasteiger partial charge in [-0.05, 0) is 25.7 Å². The maximum absolute atomic E-state index is 11.9. The van der Waals surface area contributed by atoms with Crippen LogP contribution in [0.5, 0.6) is 0 Å². The molecule has 1 fully saturated rings. The molecule has 0 atom stereocenters. The summed E-state index contributed by atoms with van der Waals surface area (Å²) in [6, 6.07) is 0. The number of carbonyl (C=O) groups is 1. The lowest BCUT2D eigenvalue weighted by molar-refractivity contribution is -0.121. The predicted molar refractivity (Wildman–Crippen MR) is 65.0 cm³/mol. The third-order valence-corrected chi connectivity index (χ3v) is 3.51. The molecule has 0 aromatic carbocycles. The molecule has 2 aliphatic rings. The maximum atomic E-state index is 11.9. The molecule has 0 bridgehead atoms. The van der Waals surface area contributed by atoms with Crippen molar-refractivity contribution in [1.82, 2.24) is 0 Å². The zero-order valence-electron chi connectivity index (χ0n) is 9.42. The van der Waals surface area contributed by atoms with E-state index in [0.717, 1.165) is 19.3 Å². The summed E-state index contributed by atoms with van der Waals surface area (Å²) < 4.78 is 0. The summed E-state index contributed by atoms with van der Waals surface area (Å²) in [5.74, 6) is 0.404. The molecule has 1 aliphatic carbocycles. The van der Waals surface area contributed by atoms with Crippen molar-refractivity contribution >= 4 is 23.9 Å². The highest BCUT2D eigenvalue weighted by Gasteiger charge is 2.44. The summed E-state index contributed by atoms with van der Waals surface area (Å²) in [5.41, 5.74) is 0.946. The van der Waals surface area contributed by atoms with Gasteiger partial charge in [0.15, 0.2) is 5.78 Å². The lowest BCUT2D eigenvalue weighted by Gasteiger charge is -2.15. The van der Waals surface area contributed by atoms with Gasteiger partial charge in [-0.15, -0.1) is 12.4 Å². The van der Waals surface area contributed by atoms with E-state index in [-0.39, 0.29) is 17.9 Å². The molecule has 1 aliphatic heterocycles. The number of Topliss-reactive ketones (excluding diaryl/α,β-unsaturated/α-hetero) is 1. The second-order valence-electron chi connectivity index (χ2n) is 4.62. The van der Waals surface area contributed by atoms with E-state index in [2.05, 4.69) is 6.92 Å². The average Bonchev–Trinajstić information content (AvgIpc) is 2.74. The van der Waals surface area contributed by atoms with Crippen LogP contribution in [0.3, 0.4) is 0 Å². The van der Waals surface area contributed by atoms with Crippen LogP contribution in [0.15, 0.2) is 4.99 Å². The van der Waals surface area contributed by atoms with E-state index in [1.807, 2.05) is 0 Å². The molecule has 0 radical (unpaired) electrons. The van der Waals surface area contributed by atoms with Crippen molar-refractivity contribution in [3.05, 3.63) is 0 Å². The van der Waals surface area contributed by atoms with Gasteiger partial charge in [-0.1, -0.05) is 26.2 Å². The van der Waals surface area contributed by atoms with E-state index in [1.165, 1.54) is 31.4 Å². The lowest BCUT2D eigenvalue weighted by Crippen LogP contribution is -2.28. The third-order valence-electron chi connectivity index (χ3n) is 3.51. The first kappa shape index (κ1) is 12.7. The van der Waals surface area contributed by atoms with Crippen LogP contribution in [0.2, 0.25) is 0 Å². The Bertz CT molecular complexity index is 267. The fourth-order valence-corrected chi connectivity index (χ4v) is 2.63. The topological polar surface area (TPSA) is 29.4 Å². The highest BCUT2D eigenvalue weighted by Crippen LogP contribution is 2.39. The molecule has 15 heavy (non-hydrogen) atoms. The highest BCUT2D eigenvalue weighted by atomic mass is 35.5. The summed E-state index contributed by atoms with van der Waals surface area (Å²) in [5, 5.41) is 0. The van der Waals surface area contributed by atoms with Crippen molar-refractivity contribution in [1.29, 1.82) is 0 Å². The van der Waals surface area contributed by atoms with Crippen LogP contribution in [0.25, 0.3) is 0 Å². The van der Waals surface area contributed by atoms with Crippen molar-refractivity contribution < 1.29 is 4.79 Å². The van der Waals surface area contributed by atoms with Crippen molar-refractivity contribution in [3.63, 3.8) is 0 Å². The van der Waals surface area contributed by atoms with Gasteiger partial charge >= 0.3 is 0 Å². The Hall–Kier alpha value is -0.370. The largest absolute Gasteiger partial charge is 0.297 e. The van der Waals surface area contributed by atoms with Crippen molar-refractivity contribution in [3.8, 4) is 0 Å². The smallest absolute Gasteiger partial charge is 0.165 e. The Balaban J connectivity index is 0.00000112. The number of halogens is 1. The van der Waals surface area contributed by atoms with E-state index in [1.54, 1.807) is 0 Å². The van der Waals surface area contributed by atoms with Crippen LogP contribution in [0, 0.1) is 0 Å². The van der Waals surface area contributed by atoms with Gasteiger partial charge in [-0.3, -0.25) is 9.79 Å². The maximum Gasteiger partial charge on any atom is 0.165 e. The number of aliphatic imine (C=N–C) groups is 1. The number of nitrogens with zero attached hydrogens (tertiary/aromatic N) is 1. The first-order valence-corrected chi connectivity index (χ1v) is 5.88. The zero-order chi connectivity index (χ0) is 10.0. The van der Waals surface area contributed by atoms with Gasteiger partial charge in [0.1, 0.15) is 5.54 Å². The molecule has 1 saturated carbocycles. The third kappa shape index (κ3) is 2.41. The number of hydrogen-bond donors (Lipinski definition) is 0. The van der Waals surface area contributed by atoms with Gasteiger partial charge in [0.25, 0.3) is 0 Å². The van der Waals surface area contributed by atoms with Gasteiger partial charge in [0, 0.05) is 12.1 Å². The molecule has 0 aromatic heterocycles. The van der Waals surface area contributed by atoms with Crippen LogP contribution < -0.4 is 0 Å². The zero-order valence-corrected chi connectivity index (χ0v) is 10.2. The van der Waals surface area contributed by atoms with Crippen molar-refractivity contribution in [2.75, 3.05) is 0 Å². The molecule has 1 heterocycles. The van der Waals surface area contributed by atoms with Gasteiger partial charge < -0.3 is 0 Å². The molecule has 0 N–H and O–H groups in total. The number of carbonyl (C=O) groups excluding carboxylic acids is 1. The Labute approximate surface area is 98.0 Å². The van der Waals surface area contributed by atoms with Crippen LogP contribution in [-0.4, -0.2) is 17.0 Å². The SMILES string of the molecule is CCCCC1=NC2(CCCC2)C(=O)C1.Cl. The Morgan fingerprint density at radius 3 is 2.60 bits per heavy atom. The number of ketones is 1. The fraction of sp³-hybridized carbons (Fsp3) is 0.833. The Kier molecular flexibility index (Phi) is 4.32. The van der Waals surface area contributed by atoms with E-state index in [0.29, 0.717) is 12.2 Å². The highest BCUT2D eigenvalue weighted by molar-refractivity contribution is 6.11. The minimum absolute atomic E-state index is 0. The Morgan fingerprint density at radius 1 is 1.33 bits per heavy atom. The monoisotopic (exact) mass is 229 g/mol. The van der Waals surface area contributed by atoms with Crippen LogP contribution in [0.4, 0.5) is 0 Å². The van der Waals surface area contributed by atoms with E-state index in [9.17, 15) is 4.79 Å². The minimum Gasteiger partial charge on any atom is -0.297 e. The number of unbranched alkanes of at least 4 members (excludes halogenated alkanes) is 1. The molecule has 0 amide bonds. The van der Waals surface area contributed by atoms with Gasteiger partial charge in [0.2, 0.25) is 0 Å². The summed E-state index contributed by atoms with van der Waals surface area (Å²) >= 11 is 0. The molecular formula is C12H20ClNO. The van der Waals surface area contributed by atoms with E-state index < -0.39 is 0 Å². The first-order chi connectivity index (χ1) is 6.77. The van der Waals surface area contributed by atoms with Crippen molar-refractivity contribution in [2.45, 2.75) is 63.8 Å². The van der Waals surface area contributed by atoms with Gasteiger partial charge in [-0.2, -0.15) is 0 Å². The molecule has 1 spiro atoms. The number of hydrogen-bond acceptors (Lipinski definition) is 2. The van der Waals surface area contributed by atoms with Gasteiger partial charge in [0.05, 0.1) is 0 Å². The Morgan fingerprint density at radius 2 is 2.00 bits per heavy atom. The first-order valence-electron chi connectivity index (χ1n) is 5.88. The quantitative estimate of drug-likeness (QED) is 0.730. The molecule has 86 valence electrons. The fourth-order valence-electron chi connectivity index (χ4n) is 2.63. The summed E-state index contributed by atoms with van der Waals surface area (Å²) in [6.07, 6.45) is 8.49. The molecule has 3 heteroatoms. The predicted octanol–water partition coefficient (Wildman–Crippen LogP) is 3.33. The second-order valence-corrected chi connectivity index (χ2v) is 4.62. The molecular weight excluding hydrogens is 210 g/mol. The van der Waals surface area contributed by atoms with E-state index >= 15 is 0 Å². The van der Waals surface area contributed by atoms with E-state index in [4.69, 9.17) is 4.99 Å². The minimum atomic E-state index is -0.233. The molecule has 0 aromatic rings. The molecule has 2 nitrogen and oxygen atoms in total. The molecule has 0 saturated heterocycles. The number of rotatable bonds is 3. The lowest BCUT2D eigenvalue weighted by atomic mass is 9.93. The molecule has 2 rings (SSSR count). The van der Waals surface area contributed by atoms with Crippen LogP contribution in [0.1, 0.15) is 58.3 Å². The van der Waals surface area contributed by atoms with Gasteiger partial charge in [-0.25, -0.2) is 0 Å². The second kappa shape index (κ2) is 5.11. The normalized spacial score (nSPS) is 23.0. The standard InChI is InChI=1S/C12H19NO.ClH/c1-2-3-6-10-9-11(14)12(13-10)7-4-5-8-12;/h2-9H2,1H3;1H.